The number of aliphatic carboxylic acids is 1. The SMILES string of the molecule is COc1cc(C)c(OC)c(Br)c1C(CN)C(=O)O. The largest absolute Gasteiger partial charge is 0.496 e. The Bertz CT molecular complexity index is 462. The predicted octanol–water partition coefficient (Wildman–Crippen LogP) is 1.90. The van der Waals surface area contributed by atoms with E-state index in [1.165, 1.54) is 14.2 Å². The third-order valence-corrected chi connectivity index (χ3v) is 3.50. The average molecular weight is 318 g/mol. The van der Waals surface area contributed by atoms with Crippen molar-refractivity contribution in [3.05, 3.63) is 21.7 Å². The number of nitrogens with two attached hydrogens (primary N) is 1. The van der Waals surface area contributed by atoms with Crippen LogP contribution in [-0.2, 0) is 4.79 Å². The monoisotopic (exact) mass is 317 g/mol. The smallest absolute Gasteiger partial charge is 0.312 e. The highest BCUT2D eigenvalue weighted by atomic mass is 79.9. The third-order valence-electron chi connectivity index (χ3n) is 2.71. The summed E-state index contributed by atoms with van der Waals surface area (Å²) in [5.74, 6) is -0.769. The maximum atomic E-state index is 11.2. The molecule has 1 unspecified atom stereocenters. The molecule has 0 aliphatic rings. The van der Waals surface area contributed by atoms with E-state index >= 15 is 0 Å². The van der Waals surface area contributed by atoms with Crippen LogP contribution in [-0.4, -0.2) is 31.8 Å². The lowest BCUT2D eigenvalue weighted by Crippen LogP contribution is -2.22. The maximum Gasteiger partial charge on any atom is 0.312 e. The van der Waals surface area contributed by atoms with Crippen molar-refractivity contribution in [3.8, 4) is 11.5 Å². The minimum absolute atomic E-state index is 0.0174. The molecule has 5 nitrogen and oxygen atoms in total. The van der Waals surface area contributed by atoms with E-state index in [-0.39, 0.29) is 6.54 Å². The van der Waals surface area contributed by atoms with Crippen molar-refractivity contribution < 1.29 is 19.4 Å². The zero-order valence-corrected chi connectivity index (χ0v) is 12.1. The summed E-state index contributed by atoms with van der Waals surface area (Å²) >= 11 is 3.37. The lowest BCUT2D eigenvalue weighted by molar-refractivity contribution is -0.138. The molecule has 0 saturated heterocycles. The molecule has 0 aliphatic heterocycles. The van der Waals surface area contributed by atoms with Crippen LogP contribution in [0.25, 0.3) is 0 Å². The first-order valence-electron chi connectivity index (χ1n) is 5.31. The fraction of sp³-hybridized carbons (Fsp3) is 0.417. The summed E-state index contributed by atoms with van der Waals surface area (Å²) in [6.45, 7) is 1.84. The molecule has 1 aromatic carbocycles. The number of ether oxygens (including phenoxy) is 2. The van der Waals surface area contributed by atoms with E-state index in [0.29, 0.717) is 21.5 Å². The Morgan fingerprint density at radius 3 is 2.50 bits per heavy atom. The summed E-state index contributed by atoms with van der Waals surface area (Å²) in [7, 11) is 3.02. The second-order valence-electron chi connectivity index (χ2n) is 3.78. The van der Waals surface area contributed by atoms with Gasteiger partial charge in [0.15, 0.2) is 0 Å². The summed E-state index contributed by atoms with van der Waals surface area (Å²) in [6.07, 6.45) is 0. The Balaban J connectivity index is 3.53. The Morgan fingerprint density at radius 1 is 1.50 bits per heavy atom. The number of carboxylic acid groups (broad SMARTS) is 1. The Kier molecular flexibility index (Phi) is 4.98. The molecule has 18 heavy (non-hydrogen) atoms. The molecule has 6 heteroatoms. The van der Waals surface area contributed by atoms with Gasteiger partial charge in [-0.05, 0) is 34.5 Å². The fourth-order valence-corrected chi connectivity index (χ4v) is 2.78. The summed E-state index contributed by atoms with van der Waals surface area (Å²) in [5, 5.41) is 9.21. The second kappa shape index (κ2) is 6.06. The van der Waals surface area contributed by atoms with Crippen LogP contribution in [0.5, 0.6) is 11.5 Å². The number of methoxy groups -OCH3 is 2. The van der Waals surface area contributed by atoms with Gasteiger partial charge in [-0.15, -0.1) is 0 Å². The summed E-state index contributed by atoms with van der Waals surface area (Å²) in [6, 6.07) is 1.74. The minimum Gasteiger partial charge on any atom is -0.496 e. The van der Waals surface area contributed by atoms with Gasteiger partial charge in [0.2, 0.25) is 0 Å². The van der Waals surface area contributed by atoms with Crippen LogP contribution in [0, 0.1) is 6.92 Å². The lowest BCUT2D eigenvalue weighted by atomic mass is 9.96. The van der Waals surface area contributed by atoms with Crippen molar-refractivity contribution in [2.45, 2.75) is 12.8 Å². The van der Waals surface area contributed by atoms with Crippen LogP contribution < -0.4 is 15.2 Å². The van der Waals surface area contributed by atoms with Crippen molar-refractivity contribution in [1.29, 1.82) is 0 Å². The molecule has 0 radical (unpaired) electrons. The first-order chi connectivity index (χ1) is 8.47. The van der Waals surface area contributed by atoms with Gasteiger partial charge in [0.05, 0.1) is 24.6 Å². The molecule has 1 aromatic rings. The Labute approximate surface area is 114 Å². The molecule has 100 valence electrons. The molecule has 0 saturated carbocycles. The third kappa shape index (κ3) is 2.59. The van der Waals surface area contributed by atoms with Gasteiger partial charge < -0.3 is 20.3 Å². The molecule has 1 atom stereocenters. The predicted molar refractivity (Wildman–Crippen MR) is 71.4 cm³/mol. The van der Waals surface area contributed by atoms with Crippen LogP contribution in [0.2, 0.25) is 0 Å². The van der Waals surface area contributed by atoms with Crippen molar-refractivity contribution in [2.75, 3.05) is 20.8 Å². The van der Waals surface area contributed by atoms with Crippen molar-refractivity contribution in [2.24, 2.45) is 5.73 Å². The number of hydrogen-bond donors (Lipinski definition) is 2. The van der Waals surface area contributed by atoms with Crippen LogP contribution >= 0.6 is 15.9 Å². The van der Waals surface area contributed by atoms with E-state index in [4.69, 9.17) is 15.2 Å². The Hall–Kier alpha value is -1.27. The molecular formula is C12H16BrNO4. The number of benzene rings is 1. The van der Waals surface area contributed by atoms with E-state index in [9.17, 15) is 9.90 Å². The number of carbonyl (C=O) groups is 1. The van der Waals surface area contributed by atoms with Gasteiger partial charge in [0.1, 0.15) is 11.5 Å². The van der Waals surface area contributed by atoms with Gasteiger partial charge in [-0.1, -0.05) is 0 Å². The van der Waals surface area contributed by atoms with Gasteiger partial charge in [-0.3, -0.25) is 4.79 Å². The first kappa shape index (κ1) is 14.8. The van der Waals surface area contributed by atoms with Gasteiger partial charge in [0, 0.05) is 12.1 Å². The zero-order valence-electron chi connectivity index (χ0n) is 10.5. The van der Waals surface area contributed by atoms with E-state index in [2.05, 4.69) is 15.9 Å². The Morgan fingerprint density at radius 2 is 2.11 bits per heavy atom. The number of carboxylic acids is 1. The highest BCUT2D eigenvalue weighted by Crippen LogP contribution is 2.41. The summed E-state index contributed by atoms with van der Waals surface area (Å²) in [4.78, 5) is 11.2. The van der Waals surface area contributed by atoms with Gasteiger partial charge in [-0.2, -0.15) is 0 Å². The zero-order chi connectivity index (χ0) is 13.9. The van der Waals surface area contributed by atoms with Crippen LogP contribution in [0.1, 0.15) is 17.0 Å². The fourth-order valence-electron chi connectivity index (χ4n) is 1.83. The first-order valence-corrected chi connectivity index (χ1v) is 6.11. The lowest BCUT2D eigenvalue weighted by Gasteiger charge is -2.19. The quantitative estimate of drug-likeness (QED) is 0.866. The molecule has 1 rings (SSSR count). The second-order valence-corrected chi connectivity index (χ2v) is 4.58. The molecule has 0 bridgehead atoms. The van der Waals surface area contributed by atoms with Gasteiger partial charge in [-0.25, -0.2) is 0 Å². The normalized spacial score (nSPS) is 12.1. The molecule has 0 spiro atoms. The number of rotatable bonds is 5. The maximum absolute atomic E-state index is 11.2. The molecule has 3 N–H and O–H groups in total. The number of halogens is 1. The van der Waals surface area contributed by atoms with Crippen LogP contribution in [0.4, 0.5) is 0 Å². The van der Waals surface area contributed by atoms with E-state index in [1.807, 2.05) is 6.92 Å². The standard InChI is InChI=1S/C12H16BrNO4/c1-6-4-8(17-2)9(7(5-14)12(15)16)10(13)11(6)18-3/h4,7H,5,14H2,1-3H3,(H,15,16). The summed E-state index contributed by atoms with van der Waals surface area (Å²) in [5.41, 5.74) is 6.88. The summed E-state index contributed by atoms with van der Waals surface area (Å²) < 4.78 is 11.1. The van der Waals surface area contributed by atoms with Gasteiger partial charge in [0.25, 0.3) is 0 Å². The number of aryl methyl sites for hydroxylation is 1. The van der Waals surface area contributed by atoms with Crippen LogP contribution in [0.15, 0.2) is 10.5 Å². The number of hydrogen-bond acceptors (Lipinski definition) is 4. The van der Waals surface area contributed by atoms with Crippen molar-refractivity contribution in [3.63, 3.8) is 0 Å². The van der Waals surface area contributed by atoms with E-state index < -0.39 is 11.9 Å². The highest BCUT2D eigenvalue weighted by Gasteiger charge is 2.27. The molecule has 0 fully saturated rings. The molecule has 0 amide bonds. The molecule has 0 heterocycles. The molecule has 0 aromatic heterocycles. The molecule has 0 aliphatic carbocycles. The minimum atomic E-state index is -0.998. The average Bonchev–Trinajstić information content (AvgIpc) is 2.32. The van der Waals surface area contributed by atoms with E-state index in [1.54, 1.807) is 6.07 Å². The molecular weight excluding hydrogens is 302 g/mol. The van der Waals surface area contributed by atoms with Crippen molar-refractivity contribution in [1.82, 2.24) is 0 Å². The van der Waals surface area contributed by atoms with Crippen LogP contribution in [0.3, 0.4) is 0 Å². The topological polar surface area (TPSA) is 81.8 Å². The highest BCUT2D eigenvalue weighted by molar-refractivity contribution is 9.10. The van der Waals surface area contributed by atoms with Gasteiger partial charge >= 0.3 is 5.97 Å². The van der Waals surface area contributed by atoms with Crippen molar-refractivity contribution >= 4 is 21.9 Å². The van der Waals surface area contributed by atoms with E-state index in [0.717, 1.165) is 5.56 Å².